The molecule has 1 rings (SSSR count). The van der Waals surface area contributed by atoms with E-state index in [9.17, 15) is 8.42 Å². The quantitative estimate of drug-likeness (QED) is 0.708. The van der Waals surface area contributed by atoms with Gasteiger partial charge in [-0.25, -0.2) is 8.42 Å². The average Bonchev–Trinajstić information content (AvgIpc) is 2.17. The minimum atomic E-state index is -2.86. The van der Waals surface area contributed by atoms with Crippen LogP contribution in [-0.2, 0) is 14.6 Å². The van der Waals surface area contributed by atoms with Crippen molar-refractivity contribution in [1.29, 1.82) is 0 Å². The van der Waals surface area contributed by atoms with Crippen molar-refractivity contribution in [1.82, 2.24) is 5.32 Å². The second kappa shape index (κ2) is 5.82. The van der Waals surface area contributed by atoms with Crippen molar-refractivity contribution in [2.75, 3.05) is 26.5 Å². The van der Waals surface area contributed by atoms with Crippen molar-refractivity contribution in [3.05, 3.63) is 0 Å². The molecule has 0 saturated heterocycles. The van der Waals surface area contributed by atoms with E-state index < -0.39 is 9.84 Å². The molecule has 1 aliphatic carbocycles. The van der Waals surface area contributed by atoms with Gasteiger partial charge < -0.3 is 10.1 Å². The Bertz CT molecular complexity index is 276. The van der Waals surface area contributed by atoms with Crippen LogP contribution in [-0.4, -0.2) is 46.2 Å². The zero-order valence-electron chi connectivity index (χ0n) is 9.53. The van der Waals surface area contributed by atoms with Gasteiger partial charge in [0.1, 0.15) is 9.84 Å². The largest absolute Gasteiger partial charge is 0.383 e. The molecule has 4 nitrogen and oxygen atoms in total. The molecular weight excluding hydrogens is 214 g/mol. The first-order valence-corrected chi connectivity index (χ1v) is 7.40. The predicted octanol–water partition coefficient (Wildman–Crippen LogP) is 0.578. The molecule has 90 valence electrons. The first-order valence-electron chi connectivity index (χ1n) is 5.45. The molecule has 0 aromatic rings. The number of sulfone groups is 1. The van der Waals surface area contributed by atoms with Gasteiger partial charge >= 0.3 is 0 Å². The van der Waals surface area contributed by atoms with Crippen LogP contribution in [0.25, 0.3) is 0 Å². The smallest absolute Gasteiger partial charge is 0.150 e. The van der Waals surface area contributed by atoms with E-state index in [0.717, 1.165) is 32.2 Å². The standard InChI is InChI=1S/C10H21NO3S/c1-14-7-6-11-9-4-3-5-10(8-9)15(2,12)13/h9-11H,3-8H2,1-2H3. The molecule has 1 saturated carbocycles. The Balaban J connectivity index is 2.36. The molecule has 0 bridgehead atoms. The molecule has 1 N–H and O–H groups in total. The van der Waals surface area contributed by atoms with Crippen molar-refractivity contribution in [3.8, 4) is 0 Å². The zero-order valence-corrected chi connectivity index (χ0v) is 10.3. The van der Waals surface area contributed by atoms with Gasteiger partial charge in [0, 0.05) is 26.0 Å². The van der Waals surface area contributed by atoms with Crippen LogP contribution in [0.15, 0.2) is 0 Å². The van der Waals surface area contributed by atoms with Gasteiger partial charge in [-0.3, -0.25) is 0 Å². The SMILES string of the molecule is COCCNC1CCCC(S(C)(=O)=O)C1. The van der Waals surface area contributed by atoms with Crippen molar-refractivity contribution >= 4 is 9.84 Å². The maximum absolute atomic E-state index is 11.4. The Morgan fingerprint density at radius 1 is 1.40 bits per heavy atom. The highest BCUT2D eigenvalue weighted by Crippen LogP contribution is 2.23. The molecular formula is C10H21NO3S. The topological polar surface area (TPSA) is 55.4 Å². The summed E-state index contributed by atoms with van der Waals surface area (Å²) >= 11 is 0. The summed E-state index contributed by atoms with van der Waals surface area (Å²) in [6.45, 7) is 1.48. The third kappa shape index (κ3) is 4.49. The summed E-state index contributed by atoms with van der Waals surface area (Å²) in [7, 11) is -1.19. The lowest BCUT2D eigenvalue weighted by Crippen LogP contribution is -2.40. The summed E-state index contributed by atoms with van der Waals surface area (Å²) in [4.78, 5) is 0. The number of hydrogen-bond donors (Lipinski definition) is 1. The summed E-state index contributed by atoms with van der Waals surface area (Å²) in [6.07, 6.45) is 5.00. The second-order valence-electron chi connectivity index (χ2n) is 4.26. The first-order chi connectivity index (χ1) is 7.04. The van der Waals surface area contributed by atoms with Crippen LogP contribution in [0.4, 0.5) is 0 Å². The van der Waals surface area contributed by atoms with E-state index in [1.807, 2.05) is 0 Å². The van der Waals surface area contributed by atoms with E-state index in [1.54, 1.807) is 7.11 Å². The fraction of sp³-hybridized carbons (Fsp3) is 1.00. The zero-order chi connectivity index (χ0) is 11.3. The van der Waals surface area contributed by atoms with Crippen molar-refractivity contribution in [2.45, 2.75) is 37.0 Å². The van der Waals surface area contributed by atoms with E-state index in [0.29, 0.717) is 12.6 Å². The van der Waals surface area contributed by atoms with Crippen LogP contribution >= 0.6 is 0 Å². The van der Waals surface area contributed by atoms with Gasteiger partial charge in [0.05, 0.1) is 11.9 Å². The van der Waals surface area contributed by atoms with Crippen molar-refractivity contribution in [3.63, 3.8) is 0 Å². The summed E-state index contributed by atoms with van der Waals surface area (Å²) in [5.74, 6) is 0. The highest BCUT2D eigenvalue weighted by Gasteiger charge is 2.28. The van der Waals surface area contributed by atoms with E-state index in [1.165, 1.54) is 6.26 Å². The molecule has 15 heavy (non-hydrogen) atoms. The van der Waals surface area contributed by atoms with Gasteiger partial charge in [-0.2, -0.15) is 0 Å². The van der Waals surface area contributed by atoms with Gasteiger partial charge in [0.25, 0.3) is 0 Å². The number of methoxy groups -OCH3 is 1. The van der Waals surface area contributed by atoms with Crippen LogP contribution in [0, 0.1) is 0 Å². The Morgan fingerprint density at radius 3 is 2.73 bits per heavy atom. The third-order valence-electron chi connectivity index (χ3n) is 2.97. The van der Waals surface area contributed by atoms with Gasteiger partial charge in [0.15, 0.2) is 0 Å². The van der Waals surface area contributed by atoms with Crippen LogP contribution in [0.2, 0.25) is 0 Å². The summed E-state index contributed by atoms with van der Waals surface area (Å²) < 4.78 is 27.8. The van der Waals surface area contributed by atoms with Crippen LogP contribution in [0.3, 0.4) is 0 Å². The van der Waals surface area contributed by atoms with Gasteiger partial charge in [0.2, 0.25) is 0 Å². The molecule has 2 unspecified atom stereocenters. The predicted molar refractivity (Wildman–Crippen MR) is 60.8 cm³/mol. The Labute approximate surface area is 92.3 Å². The summed E-state index contributed by atoms with van der Waals surface area (Å²) in [6, 6.07) is 0.341. The molecule has 0 heterocycles. The molecule has 0 radical (unpaired) electrons. The van der Waals surface area contributed by atoms with Crippen molar-refractivity contribution in [2.24, 2.45) is 0 Å². The fourth-order valence-electron chi connectivity index (χ4n) is 2.08. The first kappa shape index (κ1) is 12.9. The lowest BCUT2D eigenvalue weighted by atomic mass is 9.95. The summed E-state index contributed by atoms with van der Waals surface area (Å²) in [5.41, 5.74) is 0. The number of hydrogen-bond acceptors (Lipinski definition) is 4. The Morgan fingerprint density at radius 2 is 2.13 bits per heavy atom. The molecule has 2 atom stereocenters. The normalized spacial score (nSPS) is 27.9. The number of ether oxygens (including phenoxy) is 1. The van der Waals surface area contributed by atoms with Crippen molar-refractivity contribution < 1.29 is 13.2 Å². The lowest BCUT2D eigenvalue weighted by molar-refractivity contribution is 0.192. The van der Waals surface area contributed by atoms with Gasteiger partial charge in [-0.1, -0.05) is 6.42 Å². The average molecular weight is 235 g/mol. The highest BCUT2D eigenvalue weighted by molar-refractivity contribution is 7.91. The number of nitrogens with one attached hydrogen (secondary N) is 1. The molecule has 1 aliphatic rings. The number of rotatable bonds is 5. The van der Waals surface area contributed by atoms with Crippen LogP contribution in [0.1, 0.15) is 25.7 Å². The van der Waals surface area contributed by atoms with Gasteiger partial charge in [-0.15, -0.1) is 0 Å². The van der Waals surface area contributed by atoms with Gasteiger partial charge in [-0.05, 0) is 19.3 Å². The molecule has 0 aliphatic heterocycles. The highest BCUT2D eigenvalue weighted by atomic mass is 32.2. The molecule has 1 fully saturated rings. The Hall–Kier alpha value is -0.130. The van der Waals surface area contributed by atoms with E-state index in [4.69, 9.17) is 4.74 Å². The fourth-order valence-corrected chi connectivity index (χ4v) is 3.26. The van der Waals surface area contributed by atoms with E-state index in [2.05, 4.69) is 5.32 Å². The maximum Gasteiger partial charge on any atom is 0.150 e. The van der Waals surface area contributed by atoms with E-state index in [-0.39, 0.29) is 5.25 Å². The Kier molecular flexibility index (Phi) is 5.02. The minimum absolute atomic E-state index is 0.147. The monoisotopic (exact) mass is 235 g/mol. The maximum atomic E-state index is 11.4. The molecule has 0 aromatic heterocycles. The molecule has 0 amide bonds. The van der Waals surface area contributed by atoms with Crippen LogP contribution < -0.4 is 5.32 Å². The lowest BCUT2D eigenvalue weighted by Gasteiger charge is -2.28. The summed E-state index contributed by atoms with van der Waals surface area (Å²) in [5, 5.41) is 3.19. The molecule has 0 spiro atoms. The van der Waals surface area contributed by atoms with Crippen LogP contribution in [0.5, 0.6) is 0 Å². The molecule has 0 aromatic carbocycles. The second-order valence-corrected chi connectivity index (χ2v) is 6.59. The molecule has 5 heteroatoms. The minimum Gasteiger partial charge on any atom is -0.383 e. The third-order valence-corrected chi connectivity index (χ3v) is 4.61. The van der Waals surface area contributed by atoms with E-state index >= 15 is 0 Å².